The molecule has 1 amide bonds. The fourth-order valence-corrected chi connectivity index (χ4v) is 4.32. The average Bonchev–Trinajstić information content (AvgIpc) is 3.26. The van der Waals surface area contributed by atoms with E-state index >= 15 is 0 Å². The molecule has 32 heavy (non-hydrogen) atoms. The Labute approximate surface area is 186 Å². The highest BCUT2D eigenvalue weighted by Crippen LogP contribution is 2.25. The first-order chi connectivity index (χ1) is 15.4. The predicted octanol–water partition coefficient (Wildman–Crippen LogP) is 3.37. The first kappa shape index (κ1) is 21.5. The standard InChI is InChI=1S/C23H20FN3O4S/c1-14-7-8-19(31-2)17(11-14)25-20(28)13-26-18-9-10-32-21(18)22(29)27(23(26)30)12-15-5-3-4-6-16(15)24/h3-11H,12-13H2,1-2H3,(H,25,28). The number of carbonyl (C=O) groups excluding carboxylic acids is 1. The van der Waals surface area contributed by atoms with Crippen LogP contribution in [0.25, 0.3) is 10.2 Å². The van der Waals surface area contributed by atoms with Gasteiger partial charge in [-0.2, -0.15) is 0 Å². The zero-order chi connectivity index (χ0) is 22.8. The molecule has 0 unspecified atom stereocenters. The molecule has 0 fully saturated rings. The highest BCUT2D eigenvalue weighted by atomic mass is 32.1. The maximum absolute atomic E-state index is 14.2. The number of aryl methyl sites for hydroxylation is 1. The SMILES string of the molecule is COc1ccc(C)cc1NC(=O)Cn1c(=O)n(Cc2ccccc2F)c(=O)c2sccc21. The van der Waals surface area contributed by atoms with Crippen molar-refractivity contribution in [1.82, 2.24) is 9.13 Å². The van der Waals surface area contributed by atoms with Crippen LogP contribution < -0.4 is 21.3 Å². The molecule has 0 aliphatic rings. The fraction of sp³-hybridized carbons (Fsp3) is 0.174. The van der Waals surface area contributed by atoms with Crippen molar-refractivity contribution in [2.75, 3.05) is 12.4 Å². The lowest BCUT2D eigenvalue weighted by Gasteiger charge is -2.14. The molecule has 0 radical (unpaired) electrons. The van der Waals surface area contributed by atoms with E-state index in [2.05, 4.69) is 5.32 Å². The maximum Gasteiger partial charge on any atom is 0.332 e. The molecule has 0 saturated carbocycles. The van der Waals surface area contributed by atoms with Crippen LogP contribution in [-0.2, 0) is 17.9 Å². The zero-order valence-electron chi connectivity index (χ0n) is 17.4. The molecule has 4 rings (SSSR count). The summed E-state index contributed by atoms with van der Waals surface area (Å²) in [5.74, 6) is -0.484. The van der Waals surface area contributed by atoms with Gasteiger partial charge in [-0.1, -0.05) is 24.3 Å². The van der Waals surface area contributed by atoms with Crippen molar-refractivity contribution in [2.24, 2.45) is 0 Å². The van der Waals surface area contributed by atoms with Gasteiger partial charge in [-0.15, -0.1) is 11.3 Å². The Morgan fingerprint density at radius 3 is 2.66 bits per heavy atom. The summed E-state index contributed by atoms with van der Waals surface area (Å²) < 4.78 is 21.9. The number of amides is 1. The third-order valence-electron chi connectivity index (χ3n) is 5.05. The number of nitrogens with zero attached hydrogens (tertiary/aromatic N) is 2. The van der Waals surface area contributed by atoms with Crippen molar-refractivity contribution in [2.45, 2.75) is 20.0 Å². The number of hydrogen-bond donors (Lipinski definition) is 1. The van der Waals surface area contributed by atoms with E-state index in [-0.39, 0.29) is 18.7 Å². The van der Waals surface area contributed by atoms with Crippen LogP contribution >= 0.6 is 11.3 Å². The van der Waals surface area contributed by atoms with Gasteiger partial charge in [0, 0.05) is 5.56 Å². The molecule has 2 aromatic carbocycles. The summed E-state index contributed by atoms with van der Waals surface area (Å²) in [6.07, 6.45) is 0. The second-order valence-corrected chi connectivity index (χ2v) is 8.15. The van der Waals surface area contributed by atoms with Gasteiger partial charge in [0.1, 0.15) is 22.8 Å². The number of thiophene rings is 1. The molecule has 9 heteroatoms. The minimum absolute atomic E-state index is 0.211. The Hall–Kier alpha value is -3.72. The smallest absolute Gasteiger partial charge is 0.332 e. The highest BCUT2D eigenvalue weighted by molar-refractivity contribution is 7.17. The second-order valence-electron chi connectivity index (χ2n) is 7.24. The van der Waals surface area contributed by atoms with Gasteiger partial charge in [-0.25, -0.2) is 9.18 Å². The van der Waals surface area contributed by atoms with Crippen LogP contribution in [0.3, 0.4) is 0 Å². The molecule has 1 N–H and O–H groups in total. The second kappa shape index (κ2) is 8.80. The van der Waals surface area contributed by atoms with Crippen LogP contribution in [0.5, 0.6) is 5.75 Å². The molecular formula is C23H20FN3O4S. The van der Waals surface area contributed by atoms with Gasteiger partial charge in [-0.3, -0.25) is 18.7 Å². The lowest BCUT2D eigenvalue weighted by Crippen LogP contribution is -2.41. The van der Waals surface area contributed by atoms with Crippen LogP contribution in [0.15, 0.2) is 63.5 Å². The highest BCUT2D eigenvalue weighted by Gasteiger charge is 2.18. The molecular weight excluding hydrogens is 433 g/mol. The lowest BCUT2D eigenvalue weighted by molar-refractivity contribution is -0.116. The number of aromatic nitrogens is 2. The Bertz CT molecular complexity index is 1440. The molecule has 164 valence electrons. The predicted molar refractivity (Wildman–Crippen MR) is 122 cm³/mol. The third-order valence-corrected chi connectivity index (χ3v) is 5.95. The van der Waals surface area contributed by atoms with E-state index in [0.717, 1.165) is 10.1 Å². The molecule has 0 spiro atoms. The number of carbonyl (C=O) groups is 1. The van der Waals surface area contributed by atoms with Gasteiger partial charge in [0.25, 0.3) is 5.56 Å². The number of fused-ring (bicyclic) bond motifs is 1. The van der Waals surface area contributed by atoms with E-state index < -0.39 is 23.0 Å². The van der Waals surface area contributed by atoms with Crippen molar-refractivity contribution >= 4 is 33.1 Å². The van der Waals surface area contributed by atoms with Crippen LogP contribution in [0.4, 0.5) is 10.1 Å². The number of halogens is 1. The van der Waals surface area contributed by atoms with Crippen LogP contribution in [0, 0.1) is 12.7 Å². The summed E-state index contributed by atoms with van der Waals surface area (Å²) in [5.41, 5.74) is 0.781. The quantitative estimate of drug-likeness (QED) is 0.485. The van der Waals surface area contributed by atoms with Gasteiger partial charge < -0.3 is 10.1 Å². The first-order valence-corrected chi connectivity index (χ1v) is 10.7. The van der Waals surface area contributed by atoms with E-state index in [0.29, 0.717) is 21.7 Å². The van der Waals surface area contributed by atoms with Crippen LogP contribution in [-0.4, -0.2) is 22.2 Å². The Kier molecular flexibility index (Phi) is 5.91. The van der Waals surface area contributed by atoms with E-state index in [1.807, 2.05) is 13.0 Å². The lowest BCUT2D eigenvalue weighted by atomic mass is 10.2. The molecule has 0 bridgehead atoms. The Morgan fingerprint density at radius 1 is 1.12 bits per heavy atom. The van der Waals surface area contributed by atoms with Gasteiger partial charge in [-0.05, 0) is 42.1 Å². The summed E-state index contributed by atoms with van der Waals surface area (Å²) in [5, 5.41) is 4.44. The number of benzene rings is 2. The van der Waals surface area contributed by atoms with Crippen molar-refractivity contribution < 1.29 is 13.9 Å². The first-order valence-electron chi connectivity index (χ1n) is 9.77. The van der Waals surface area contributed by atoms with E-state index in [4.69, 9.17) is 4.74 Å². The molecule has 4 aromatic rings. The van der Waals surface area contributed by atoms with Crippen molar-refractivity contribution in [3.05, 3.63) is 91.7 Å². The monoisotopic (exact) mass is 453 g/mol. The van der Waals surface area contributed by atoms with Gasteiger partial charge in [0.05, 0.1) is 24.9 Å². The minimum atomic E-state index is -0.685. The van der Waals surface area contributed by atoms with Crippen molar-refractivity contribution in [3.63, 3.8) is 0 Å². The molecule has 0 aliphatic heterocycles. The number of methoxy groups -OCH3 is 1. The van der Waals surface area contributed by atoms with Crippen molar-refractivity contribution in [3.8, 4) is 5.75 Å². The third kappa shape index (κ3) is 4.06. The number of rotatable bonds is 6. The van der Waals surface area contributed by atoms with Gasteiger partial charge in [0.2, 0.25) is 5.91 Å². The number of nitrogens with one attached hydrogen (secondary N) is 1. The average molecular weight is 453 g/mol. The Balaban J connectivity index is 1.73. The fourth-order valence-electron chi connectivity index (χ4n) is 3.48. The number of ether oxygens (including phenoxy) is 1. The summed E-state index contributed by atoms with van der Waals surface area (Å²) >= 11 is 1.17. The van der Waals surface area contributed by atoms with Crippen molar-refractivity contribution in [1.29, 1.82) is 0 Å². The molecule has 0 atom stereocenters. The topological polar surface area (TPSA) is 82.3 Å². The molecule has 2 heterocycles. The minimum Gasteiger partial charge on any atom is -0.495 e. The molecule has 0 aliphatic carbocycles. The van der Waals surface area contributed by atoms with Gasteiger partial charge >= 0.3 is 5.69 Å². The van der Waals surface area contributed by atoms with Crippen LogP contribution in [0.1, 0.15) is 11.1 Å². The normalized spacial score (nSPS) is 11.0. The summed E-state index contributed by atoms with van der Waals surface area (Å²) in [4.78, 5) is 38.9. The largest absolute Gasteiger partial charge is 0.495 e. The summed E-state index contributed by atoms with van der Waals surface area (Å²) in [7, 11) is 1.50. The number of hydrogen-bond acceptors (Lipinski definition) is 5. The van der Waals surface area contributed by atoms with Crippen LogP contribution in [0.2, 0.25) is 0 Å². The Morgan fingerprint density at radius 2 is 1.91 bits per heavy atom. The van der Waals surface area contributed by atoms with E-state index in [1.165, 1.54) is 41.2 Å². The number of anilines is 1. The molecule has 2 aromatic heterocycles. The van der Waals surface area contributed by atoms with E-state index in [1.54, 1.807) is 29.6 Å². The zero-order valence-corrected chi connectivity index (χ0v) is 18.2. The summed E-state index contributed by atoms with van der Waals surface area (Å²) in [6, 6.07) is 12.9. The maximum atomic E-state index is 14.2. The van der Waals surface area contributed by atoms with E-state index in [9.17, 15) is 18.8 Å². The van der Waals surface area contributed by atoms with Gasteiger partial charge in [0.15, 0.2) is 0 Å². The summed E-state index contributed by atoms with van der Waals surface area (Å²) in [6.45, 7) is 1.33. The molecule has 7 nitrogen and oxygen atoms in total. The molecule has 0 saturated heterocycles.